The van der Waals surface area contributed by atoms with Crippen LogP contribution in [0.15, 0.2) is 84.0 Å². The highest BCUT2D eigenvalue weighted by Crippen LogP contribution is 2.31. The summed E-state index contributed by atoms with van der Waals surface area (Å²) in [7, 11) is 0. The van der Waals surface area contributed by atoms with Gasteiger partial charge in [-0.15, -0.1) is 16.9 Å². The van der Waals surface area contributed by atoms with Crippen LogP contribution >= 0.6 is 11.8 Å². The summed E-state index contributed by atoms with van der Waals surface area (Å²) in [5.74, 6) is 1.82. The van der Waals surface area contributed by atoms with Crippen molar-refractivity contribution in [3.63, 3.8) is 0 Å². The molecule has 30 heavy (non-hydrogen) atoms. The first-order valence-electron chi connectivity index (χ1n) is 8.88. The highest BCUT2D eigenvalue weighted by Gasteiger charge is 2.32. The largest absolute Gasteiger partial charge is 0.457 e. The van der Waals surface area contributed by atoms with Gasteiger partial charge in [-0.3, -0.25) is 4.98 Å². The van der Waals surface area contributed by atoms with Gasteiger partial charge in [0, 0.05) is 16.8 Å². The number of nitrogens with zero attached hydrogens (tertiary/aromatic N) is 4. The minimum absolute atomic E-state index is 0.385. The lowest BCUT2D eigenvalue weighted by molar-refractivity contribution is -0.141. The van der Waals surface area contributed by atoms with Crippen molar-refractivity contribution in [3.05, 3.63) is 90.5 Å². The van der Waals surface area contributed by atoms with Crippen molar-refractivity contribution in [2.24, 2.45) is 0 Å². The maximum absolute atomic E-state index is 12.8. The topological polar surface area (TPSA) is 52.8 Å². The van der Waals surface area contributed by atoms with E-state index in [9.17, 15) is 13.2 Å². The second-order valence-electron chi connectivity index (χ2n) is 6.23. The van der Waals surface area contributed by atoms with E-state index < -0.39 is 11.9 Å². The van der Waals surface area contributed by atoms with Crippen molar-refractivity contribution < 1.29 is 17.9 Å². The first kappa shape index (κ1) is 20.0. The van der Waals surface area contributed by atoms with Crippen LogP contribution < -0.4 is 4.74 Å². The fourth-order valence-corrected chi connectivity index (χ4v) is 3.39. The quantitative estimate of drug-likeness (QED) is 0.365. The minimum atomic E-state index is -4.46. The van der Waals surface area contributed by atoms with E-state index >= 15 is 0 Å². The Morgan fingerprint density at radius 1 is 0.933 bits per heavy atom. The Balaban J connectivity index is 1.39. The Labute approximate surface area is 174 Å². The molecule has 2 aromatic carbocycles. The summed E-state index contributed by atoms with van der Waals surface area (Å²) in [6.45, 7) is 0. The summed E-state index contributed by atoms with van der Waals surface area (Å²) in [6.07, 6.45) is -1.57. The van der Waals surface area contributed by atoms with E-state index in [1.165, 1.54) is 17.8 Å². The Morgan fingerprint density at radius 3 is 2.40 bits per heavy atom. The molecule has 0 amide bonds. The van der Waals surface area contributed by atoms with Crippen LogP contribution in [0.4, 0.5) is 13.2 Å². The Morgan fingerprint density at radius 2 is 1.67 bits per heavy atom. The van der Waals surface area contributed by atoms with Crippen LogP contribution in [0.2, 0.25) is 0 Å². The molecule has 0 atom stereocenters. The molecule has 152 valence electrons. The zero-order valence-corrected chi connectivity index (χ0v) is 16.3. The number of rotatable bonds is 6. The molecule has 5 nitrogen and oxygen atoms in total. The van der Waals surface area contributed by atoms with E-state index in [4.69, 9.17) is 4.74 Å². The van der Waals surface area contributed by atoms with Crippen LogP contribution in [0.5, 0.6) is 11.5 Å². The van der Waals surface area contributed by atoms with E-state index in [1.807, 2.05) is 54.6 Å². The second-order valence-corrected chi connectivity index (χ2v) is 7.28. The predicted molar refractivity (Wildman–Crippen MR) is 107 cm³/mol. The van der Waals surface area contributed by atoms with E-state index in [-0.39, 0.29) is 0 Å². The summed E-state index contributed by atoms with van der Waals surface area (Å²) in [4.78, 5) is 3.83. The summed E-state index contributed by atoms with van der Waals surface area (Å²) in [6, 6.07) is 19.4. The summed E-state index contributed by atoms with van der Waals surface area (Å²) in [5.41, 5.74) is 0.534. The van der Waals surface area contributed by atoms with Crippen LogP contribution in [-0.2, 0) is 11.9 Å². The van der Waals surface area contributed by atoms with Gasteiger partial charge in [0.05, 0.1) is 17.6 Å². The highest BCUT2D eigenvalue weighted by atomic mass is 32.2. The molecule has 0 unspecified atom stereocenters. The lowest BCUT2D eigenvalue weighted by Crippen LogP contribution is -2.07. The van der Waals surface area contributed by atoms with E-state index in [1.54, 1.807) is 10.9 Å². The van der Waals surface area contributed by atoms with Gasteiger partial charge in [-0.2, -0.15) is 13.2 Å². The van der Waals surface area contributed by atoms with Gasteiger partial charge in [-0.25, -0.2) is 4.68 Å². The average molecular weight is 428 g/mol. The van der Waals surface area contributed by atoms with Gasteiger partial charge in [0.25, 0.3) is 0 Å². The number of aromatic nitrogens is 4. The fraction of sp³-hybridized carbons (Fsp3) is 0.0952. The number of pyridine rings is 1. The van der Waals surface area contributed by atoms with Crippen LogP contribution in [-0.4, -0.2) is 20.0 Å². The molecule has 2 aromatic heterocycles. The molecule has 2 heterocycles. The standard InChI is InChI=1S/C21H15F3N4OS/c22-21(23,24)20-12-19(10-11-25-20)30-14-15-13-28(27-26-15)16-6-8-18(9-7-16)29-17-4-2-1-3-5-17/h1-13H,14H2. The van der Waals surface area contributed by atoms with Crippen LogP contribution in [0.1, 0.15) is 11.4 Å². The number of ether oxygens (including phenoxy) is 1. The molecule has 9 heteroatoms. The molecule has 0 aliphatic carbocycles. The third-order valence-electron chi connectivity index (χ3n) is 4.03. The predicted octanol–water partition coefficient (Wildman–Crippen LogP) is 5.77. The molecule has 0 saturated carbocycles. The number of hydrogen-bond acceptors (Lipinski definition) is 5. The zero-order chi connectivity index (χ0) is 21.0. The van der Waals surface area contributed by atoms with Crippen LogP contribution in [0, 0.1) is 0 Å². The lowest BCUT2D eigenvalue weighted by atomic mass is 10.3. The number of alkyl halides is 3. The second kappa shape index (κ2) is 8.58. The molecule has 0 fully saturated rings. The zero-order valence-electron chi connectivity index (χ0n) is 15.5. The Kier molecular flexibility index (Phi) is 5.71. The maximum Gasteiger partial charge on any atom is 0.433 e. The van der Waals surface area contributed by atoms with Crippen molar-refractivity contribution in [2.75, 3.05) is 0 Å². The molecule has 0 aliphatic heterocycles. The monoisotopic (exact) mass is 428 g/mol. The van der Waals surface area contributed by atoms with E-state index in [2.05, 4.69) is 15.3 Å². The number of halogens is 3. The molecular formula is C21H15F3N4OS. The highest BCUT2D eigenvalue weighted by molar-refractivity contribution is 7.98. The minimum Gasteiger partial charge on any atom is -0.457 e. The third kappa shape index (κ3) is 4.98. The number of hydrogen-bond donors (Lipinski definition) is 0. The normalized spacial score (nSPS) is 11.4. The summed E-state index contributed by atoms with van der Waals surface area (Å²) < 4.78 is 45.7. The molecule has 4 aromatic rings. The van der Waals surface area contributed by atoms with Crippen molar-refractivity contribution in [2.45, 2.75) is 16.8 Å². The van der Waals surface area contributed by atoms with Gasteiger partial charge >= 0.3 is 6.18 Å². The van der Waals surface area contributed by atoms with Gasteiger partial charge < -0.3 is 4.74 Å². The van der Waals surface area contributed by atoms with E-state index in [0.29, 0.717) is 22.1 Å². The van der Waals surface area contributed by atoms with Gasteiger partial charge in [0.1, 0.15) is 17.2 Å². The first-order valence-corrected chi connectivity index (χ1v) is 9.86. The molecule has 0 aliphatic rings. The molecule has 0 bridgehead atoms. The number of benzene rings is 2. The molecule has 0 spiro atoms. The molecule has 4 rings (SSSR count). The Hall–Kier alpha value is -3.33. The maximum atomic E-state index is 12.8. The first-order chi connectivity index (χ1) is 14.5. The van der Waals surface area contributed by atoms with Crippen molar-refractivity contribution in [1.82, 2.24) is 20.0 Å². The van der Waals surface area contributed by atoms with Crippen molar-refractivity contribution in [1.29, 1.82) is 0 Å². The molecule has 0 radical (unpaired) electrons. The van der Waals surface area contributed by atoms with Crippen molar-refractivity contribution in [3.8, 4) is 17.2 Å². The van der Waals surface area contributed by atoms with Crippen molar-refractivity contribution >= 4 is 11.8 Å². The Bertz CT molecular complexity index is 1120. The van der Waals surface area contributed by atoms with Crippen LogP contribution in [0.3, 0.4) is 0 Å². The number of thioether (sulfide) groups is 1. The molecule has 0 N–H and O–H groups in total. The van der Waals surface area contributed by atoms with Crippen LogP contribution in [0.25, 0.3) is 5.69 Å². The SMILES string of the molecule is FC(F)(F)c1cc(SCc2cn(-c3ccc(Oc4ccccc4)cc3)nn2)ccn1. The van der Waals surface area contributed by atoms with Gasteiger partial charge in [-0.05, 0) is 48.5 Å². The number of para-hydroxylation sites is 1. The summed E-state index contributed by atoms with van der Waals surface area (Å²) in [5, 5.41) is 8.18. The average Bonchev–Trinajstić information content (AvgIpc) is 3.22. The van der Waals surface area contributed by atoms with Gasteiger partial charge in [0.2, 0.25) is 0 Å². The lowest BCUT2D eigenvalue weighted by Gasteiger charge is -2.07. The fourth-order valence-electron chi connectivity index (χ4n) is 2.60. The third-order valence-corrected chi connectivity index (χ3v) is 5.06. The van der Waals surface area contributed by atoms with Gasteiger partial charge in [-0.1, -0.05) is 23.4 Å². The molecule has 0 saturated heterocycles. The van der Waals surface area contributed by atoms with E-state index in [0.717, 1.165) is 23.7 Å². The smallest absolute Gasteiger partial charge is 0.433 e. The van der Waals surface area contributed by atoms with Gasteiger partial charge in [0.15, 0.2) is 0 Å². The summed E-state index contributed by atoms with van der Waals surface area (Å²) >= 11 is 1.24. The molecular weight excluding hydrogens is 413 g/mol.